The Kier molecular flexibility index (Phi) is 3.73. The Balaban J connectivity index is 2.13. The van der Waals surface area contributed by atoms with E-state index in [9.17, 15) is 4.39 Å². The first-order valence-electron chi connectivity index (χ1n) is 5.85. The number of nitrogens with zero attached hydrogens (tertiary/aromatic N) is 3. The molecule has 5 nitrogen and oxygen atoms in total. The zero-order chi connectivity index (χ0) is 12.3. The van der Waals surface area contributed by atoms with Crippen molar-refractivity contribution in [2.75, 3.05) is 30.3 Å². The number of halogens is 1. The van der Waals surface area contributed by atoms with E-state index in [1.165, 1.54) is 0 Å². The molecule has 1 aliphatic rings. The number of nitrogens with two attached hydrogens (primary N) is 1. The van der Waals surface area contributed by atoms with E-state index < -0.39 is 5.82 Å². The zero-order valence-electron chi connectivity index (χ0n) is 9.90. The van der Waals surface area contributed by atoms with Crippen LogP contribution in [0.1, 0.15) is 19.8 Å². The summed E-state index contributed by atoms with van der Waals surface area (Å²) >= 11 is 0. The standard InChI is InChI=1S/C11H17FN4O/c1-2-17-8-4-3-5-16(7-8)10-9(12)6-14-11(13)15-10/h6,8H,2-5,7H2,1H3,(H2,13,14,15). The van der Waals surface area contributed by atoms with Crippen LogP contribution in [-0.2, 0) is 4.74 Å². The van der Waals surface area contributed by atoms with Crippen LogP contribution < -0.4 is 10.6 Å². The maximum absolute atomic E-state index is 13.6. The number of ether oxygens (including phenoxy) is 1. The lowest BCUT2D eigenvalue weighted by Crippen LogP contribution is -2.40. The van der Waals surface area contributed by atoms with Crippen LogP contribution in [0, 0.1) is 5.82 Å². The highest BCUT2D eigenvalue weighted by Crippen LogP contribution is 2.22. The number of nitrogen functional groups attached to an aromatic ring is 1. The predicted molar refractivity (Wildman–Crippen MR) is 63.3 cm³/mol. The normalized spacial score (nSPS) is 20.6. The lowest BCUT2D eigenvalue weighted by Gasteiger charge is -2.33. The van der Waals surface area contributed by atoms with Crippen LogP contribution >= 0.6 is 0 Å². The molecule has 1 aromatic heterocycles. The molecule has 2 heterocycles. The molecule has 1 aliphatic heterocycles. The fraction of sp³-hybridized carbons (Fsp3) is 0.636. The van der Waals surface area contributed by atoms with E-state index in [2.05, 4.69) is 9.97 Å². The van der Waals surface area contributed by atoms with Crippen LogP contribution in [0.25, 0.3) is 0 Å². The number of hydrogen-bond donors (Lipinski definition) is 1. The molecule has 17 heavy (non-hydrogen) atoms. The molecule has 0 saturated carbocycles. The van der Waals surface area contributed by atoms with E-state index in [4.69, 9.17) is 10.5 Å². The van der Waals surface area contributed by atoms with Crippen molar-refractivity contribution >= 4 is 11.8 Å². The maximum Gasteiger partial charge on any atom is 0.222 e. The topological polar surface area (TPSA) is 64.3 Å². The predicted octanol–water partition coefficient (Wildman–Crippen LogP) is 1.20. The van der Waals surface area contributed by atoms with Crippen molar-refractivity contribution in [3.63, 3.8) is 0 Å². The van der Waals surface area contributed by atoms with Crippen LogP contribution in [0.4, 0.5) is 16.2 Å². The van der Waals surface area contributed by atoms with Crippen LogP contribution in [0.15, 0.2) is 6.20 Å². The molecule has 0 aliphatic carbocycles. The summed E-state index contributed by atoms with van der Waals surface area (Å²) in [6, 6.07) is 0. The molecule has 1 saturated heterocycles. The van der Waals surface area contributed by atoms with Gasteiger partial charge >= 0.3 is 0 Å². The van der Waals surface area contributed by atoms with E-state index in [-0.39, 0.29) is 17.9 Å². The van der Waals surface area contributed by atoms with Gasteiger partial charge in [0.2, 0.25) is 5.95 Å². The van der Waals surface area contributed by atoms with Crippen molar-refractivity contribution in [1.82, 2.24) is 9.97 Å². The van der Waals surface area contributed by atoms with Crippen LogP contribution in [0.3, 0.4) is 0 Å². The van der Waals surface area contributed by atoms with Crippen molar-refractivity contribution in [2.45, 2.75) is 25.9 Å². The van der Waals surface area contributed by atoms with Crippen molar-refractivity contribution < 1.29 is 9.13 Å². The van der Waals surface area contributed by atoms with Crippen molar-refractivity contribution in [2.24, 2.45) is 0 Å². The molecule has 1 fully saturated rings. The van der Waals surface area contributed by atoms with E-state index in [1.54, 1.807) is 0 Å². The van der Waals surface area contributed by atoms with Crippen LogP contribution in [0.2, 0.25) is 0 Å². The molecule has 0 amide bonds. The summed E-state index contributed by atoms with van der Waals surface area (Å²) < 4.78 is 19.2. The van der Waals surface area contributed by atoms with Gasteiger partial charge in [0.25, 0.3) is 0 Å². The van der Waals surface area contributed by atoms with Gasteiger partial charge in [-0.25, -0.2) is 9.37 Å². The monoisotopic (exact) mass is 240 g/mol. The lowest BCUT2D eigenvalue weighted by atomic mass is 10.1. The van der Waals surface area contributed by atoms with Gasteiger partial charge in [-0.15, -0.1) is 0 Å². The summed E-state index contributed by atoms with van der Waals surface area (Å²) in [6.07, 6.45) is 3.23. The molecule has 94 valence electrons. The fourth-order valence-corrected chi connectivity index (χ4v) is 2.10. The first-order valence-corrected chi connectivity index (χ1v) is 5.85. The van der Waals surface area contributed by atoms with Gasteiger partial charge < -0.3 is 15.4 Å². The summed E-state index contributed by atoms with van der Waals surface area (Å²) in [4.78, 5) is 9.45. The summed E-state index contributed by atoms with van der Waals surface area (Å²) in [6.45, 7) is 4.06. The Bertz CT molecular complexity index is 386. The Morgan fingerprint density at radius 2 is 2.47 bits per heavy atom. The molecule has 1 aromatic rings. The van der Waals surface area contributed by atoms with E-state index in [0.717, 1.165) is 25.6 Å². The van der Waals surface area contributed by atoms with Crippen LogP contribution in [0.5, 0.6) is 0 Å². The second-order valence-corrected chi connectivity index (χ2v) is 4.07. The third kappa shape index (κ3) is 2.82. The van der Waals surface area contributed by atoms with E-state index in [1.807, 2.05) is 11.8 Å². The van der Waals surface area contributed by atoms with Crippen molar-refractivity contribution in [1.29, 1.82) is 0 Å². The maximum atomic E-state index is 13.6. The Labute approximate surface area is 99.8 Å². The zero-order valence-corrected chi connectivity index (χ0v) is 9.90. The molecule has 6 heteroatoms. The number of aromatic nitrogens is 2. The highest BCUT2D eigenvalue weighted by molar-refractivity contribution is 5.43. The Hall–Kier alpha value is -1.43. The highest BCUT2D eigenvalue weighted by atomic mass is 19.1. The quantitative estimate of drug-likeness (QED) is 0.860. The van der Waals surface area contributed by atoms with Crippen molar-refractivity contribution in [3.05, 3.63) is 12.0 Å². The summed E-state index contributed by atoms with van der Waals surface area (Å²) in [7, 11) is 0. The Morgan fingerprint density at radius 3 is 3.24 bits per heavy atom. The number of anilines is 2. The summed E-state index contributed by atoms with van der Waals surface area (Å²) in [5.41, 5.74) is 5.48. The van der Waals surface area contributed by atoms with Crippen molar-refractivity contribution in [3.8, 4) is 0 Å². The molecule has 2 N–H and O–H groups in total. The minimum atomic E-state index is -0.434. The van der Waals surface area contributed by atoms with Gasteiger partial charge in [-0.05, 0) is 19.8 Å². The molecular weight excluding hydrogens is 223 g/mol. The number of rotatable bonds is 3. The van der Waals surface area contributed by atoms with Crippen LogP contribution in [-0.4, -0.2) is 35.8 Å². The van der Waals surface area contributed by atoms with E-state index in [0.29, 0.717) is 13.2 Å². The largest absolute Gasteiger partial charge is 0.377 e. The smallest absolute Gasteiger partial charge is 0.222 e. The van der Waals surface area contributed by atoms with Gasteiger partial charge in [-0.3, -0.25) is 0 Å². The molecule has 0 bridgehead atoms. The molecule has 0 aromatic carbocycles. The van der Waals surface area contributed by atoms with Gasteiger partial charge in [-0.1, -0.05) is 0 Å². The van der Waals surface area contributed by atoms with Gasteiger partial charge in [0.05, 0.1) is 12.3 Å². The van der Waals surface area contributed by atoms with Gasteiger partial charge in [0.1, 0.15) is 0 Å². The average molecular weight is 240 g/mol. The SMILES string of the molecule is CCOC1CCCN(c2nc(N)ncc2F)C1. The Morgan fingerprint density at radius 1 is 1.65 bits per heavy atom. The lowest BCUT2D eigenvalue weighted by molar-refractivity contribution is 0.0524. The number of hydrogen-bond acceptors (Lipinski definition) is 5. The molecule has 2 rings (SSSR count). The summed E-state index contributed by atoms with van der Waals surface area (Å²) in [5.74, 6) is -0.0572. The molecular formula is C11H17FN4O. The fourth-order valence-electron chi connectivity index (χ4n) is 2.10. The minimum Gasteiger partial charge on any atom is -0.377 e. The third-order valence-electron chi connectivity index (χ3n) is 2.82. The molecule has 0 spiro atoms. The second kappa shape index (κ2) is 5.27. The van der Waals surface area contributed by atoms with Gasteiger partial charge in [-0.2, -0.15) is 4.98 Å². The van der Waals surface area contributed by atoms with Gasteiger partial charge in [0.15, 0.2) is 11.6 Å². The minimum absolute atomic E-state index is 0.0972. The summed E-state index contributed by atoms with van der Waals surface area (Å²) in [5, 5.41) is 0. The molecule has 0 radical (unpaired) electrons. The third-order valence-corrected chi connectivity index (χ3v) is 2.82. The molecule has 1 atom stereocenters. The average Bonchev–Trinajstić information content (AvgIpc) is 2.33. The van der Waals surface area contributed by atoms with Gasteiger partial charge in [0, 0.05) is 19.7 Å². The first kappa shape index (κ1) is 12.0. The number of piperidine rings is 1. The first-order chi connectivity index (χ1) is 8.20. The van der Waals surface area contributed by atoms with E-state index >= 15 is 0 Å². The molecule has 1 unspecified atom stereocenters. The highest BCUT2D eigenvalue weighted by Gasteiger charge is 2.23. The second-order valence-electron chi connectivity index (χ2n) is 4.07.